The maximum atomic E-state index is 13.9. The van der Waals surface area contributed by atoms with Gasteiger partial charge in [-0.2, -0.15) is 0 Å². The Morgan fingerprint density at radius 3 is 2.67 bits per heavy atom. The fourth-order valence-electron chi connectivity index (χ4n) is 3.44. The Labute approximate surface area is 218 Å². The molecule has 9 nitrogen and oxygen atoms in total. The molecule has 0 saturated carbocycles. The van der Waals surface area contributed by atoms with Crippen molar-refractivity contribution in [2.75, 3.05) is 14.2 Å². The molecule has 1 aliphatic rings. The van der Waals surface area contributed by atoms with Gasteiger partial charge in [0.15, 0.2) is 11.5 Å². The van der Waals surface area contributed by atoms with Crippen molar-refractivity contribution in [1.29, 1.82) is 0 Å². The Kier molecular flexibility index (Phi) is 7.58. The molecule has 3 aromatic rings. The number of halogens is 2. The van der Waals surface area contributed by atoms with Crippen LogP contribution in [-0.4, -0.2) is 37.0 Å². The van der Waals surface area contributed by atoms with Gasteiger partial charge in [-0.05, 0) is 64.6 Å². The molecule has 0 aliphatic carbocycles. The lowest BCUT2D eigenvalue weighted by Crippen LogP contribution is -2.30. The third-order valence-corrected chi connectivity index (χ3v) is 6.02. The van der Waals surface area contributed by atoms with Gasteiger partial charge in [0.05, 0.1) is 24.3 Å². The van der Waals surface area contributed by atoms with Crippen molar-refractivity contribution in [2.24, 2.45) is 0 Å². The van der Waals surface area contributed by atoms with Crippen LogP contribution in [-0.2, 0) is 22.7 Å². The fourth-order valence-corrected chi connectivity index (χ4v) is 4.22. The smallest absolute Gasteiger partial charge is 0.373 e. The van der Waals surface area contributed by atoms with E-state index in [1.807, 2.05) is 0 Å². The Morgan fingerprint density at radius 2 is 1.94 bits per heavy atom. The van der Waals surface area contributed by atoms with Gasteiger partial charge in [-0.25, -0.2) is 14.0 Å². The Morgan fingerprint density at radius 1 is 1.17 bits per heavy atom. The topological polar surface area (TPSA) is 107 Å². The maximum absolute atomic E-state index is 13.9. The summed E-state index contributed by atoms with van der Waals surface area (Å²) in [5.41, 5.74) is 1.03. The van der Waals surface area contributed by atoms with Crippen LogP contribution in [0.5, 0.6) is 11.5 Å². The van der Waals surface area contributed by atoms with Gasteiger partial charge >= 0.3 is 12.0 Å². The largest absolute Gasteiger partial charge is 0.493 e. The Hall–Kier alpha value is -3.87. The van der Waals surface area contributed by atoms with Crippen LogP contribution in [0.2, 0.25) is 0 Å². The maximum Gasteiger partial charge on any atom is 0.373 e. The summed E-state index contributed by atoms with van der Waals surface area (Å²) in [6.07, 6.45) is 1.51. The molecule has 1 aliphatic heterocycles. The lowest BCUT2D eigenvalue weighted by atomic mass is 10.1. The minimum absolute atomic E-state index is 0.00739. The molecule has 2 aromatic carbocycles. The first-order valence-electron chi connectivity index (χ1n) is 10.6. The molecule has 1 saturated heterocycles. The number of esters is 1. The van der Waals surface area contributed by atoms with Crippen LogP contribution in [0.1, 0.15) is 27.4 Å². The lowest BCUT2D eigenvalue weighted by Gasteiger charge is -2.14. The monoisotopic (exact) mass is 606 g/mol. The van der Waals surface area contributed by atoms with E-state index in [1.165, 1.54) is 38.5 Å². The van der Waals surface area contributed by atoms with Gasteiger partial charge in [-0.3, -0.25) is 9.69 Å². The normalized spacial score (nSPS) is 14.2. The van der Waals surface area contributed by atoms with E-state index in [-0.39, 0.29) is 36.2 Å². The summed E-state index contributed by atoms with van der Waals surface area (Å²) in [5, 5.41) is 2.54. The summed E-state index contributed by atoms with van der Waals surface area (Å²) in [4.78, 5) is 37.8. The quantitative estimate of drug-likeness (QED) is 0.174. The number of methoxy groups -OCH3 is 2. The fraction of sp³-hybridized carbons (Fsp3) is 0.160. The van der Waals surface area contributed by atoms with Gasteiger partial charge < -0.3 is 23.9 Å². The number of nitrogens with one attached hydrogen (secondary N) is 1. The number of rotatable bonds is 8. The van der Waals surface area contributed by atoms with Crippen molar-refractivity contribution in [2.45, 2.75) is 13.2 Å². The van der Waals surface area contributed by atoms with Crippen molar-refractivity contribution in [1.82, 2.24) is 10.2 Å². The van der Waals surface area contributed by atoms with Crippen LogP contribution in [0.3, 0.4) is 0 Å². The standard InChI is InChI=1S/C25H20FIN2O7/c1-33-21-11-14(9-18(27)22(21)35-13-15-5-3-4-6-17(15)26)10-19-23(30)29(25(32)28-19)12-16-7-8-20(36-16)24(31)34-2/h3-11H,12-13H2,1-2H3,(H,28,32)/b19-10-. The van der Waals surface area contributed by atoms with Crippen LogP contribution < -0.4 is 14.8 Å². The van der Waals surface area contributed by atoms with E-state index < -0.39 is 17.9 Å². The van der Waals surface area contributed by atoms with E-state index in [1.54, 1.807) is 30.3 Å². The second-order valence-electron chi connectivity index (χ2n) is 7.55. The predicted molar refractivity (Wildman–Crippen MR) is 134 cm³/mol. The average molecular weight is 606 g/mol. The predicted octanol–water partition coefficient (Wildman–Crippen LogP) is 4.49. The molecule has 4 rings (SSSR count). The highest BCUT2D eigenvalue weighted by Crippen LogP contribution is 2.35. The zero-order valence-corrected chi connectivity index (χ0v) is 21.3. The van der Waals surface area contributed by atoms with Crippen LogP contribution >= 0.6 is 22.6 Å². The molecule has 1 aromatic heterocycles. The van der Waals surface area contributed by atoms with E-state index in [2.05, 4.69) is 32.6 Å². The van der Waals surface area contributed by atoms with Gasteiger partial charge in [0.1, 0.15) is 23.9 Å². The number of urea groups is 1. The zero-order chi connectivity index (χ0) is 25.8. The number of amides is 3. The van der Waals surface area contributed by atoms with Crippen LogP contribution in [0.25, 0.3) is 6.08 Å². The van der Waals surface area contributed by atoms with Gasteiger partial charge in [-0.1, -0.05) is 18.2 Å². The van der Waals surface area contributed by atoms with E-state index >= 15 is 0 Å². The number of carbonyl (C=O) groups is 3. The van der Waals surface area contributed by atoms with Crippen molar-refractivity contribution in [3.8, 4) is 11.5 Å². The van der Waals surface area contributed by atoms with Crippen molar-refractivity contribution < 1.29 is 37.4 Å². The number of nitrogens with zero attached hydrogens (tertiary/aromatic N) is 1. The van der Waals surface area contributed by atoms with E-state index in [0.717, 1.165) is 4.90 Å². The molecule has 11 heteroatoms. The van der Waals surface area contributed by atoms with E-state index in [9.17, 15) is 18.8 Å². The molecule has 0 radical (unpaired) electrons. The molecule has 186 valence electrons. The number of hydrogen-bond donors (Lipinski definition) is 1. The summed E-state index contributed by atoms with van der Waals surface area (Å²) < 4.78 is 35.8. The van der Waals surface area contributed by atoms with Crippen LogP contribution in [0.4, 0.5) is 9.18 Å². The Bertz CT molecular complexity index is 1370. The van der Waals surface area contributed by atoms with Crippen molar-refractivity contribution in [3.05, 3.63) is 86.3 Å². The summed E-state index contributed by atoms with van der Waals surface area (Å²) in [7, 11) is 2.69. The first-order chi connectivity index (χ1) is 17.3. The molecule has 1 N–H and O–H groups in total. The minimum Gasteiger partial charge on any atom is -0.493 e. The molecule has 0 bridgehead atoms. The molecular formula is C25H20FIN2O7. The zero-order valence-electron chi connectivity index (χ0n) is 19.2. The summed E-state index contributed by atoms with van der Waals surface area (Å²) >= 11 is 2.05. The molecule has 0 unspecified atom stereocenters. The molecule has 0 spiro atoms. The second-order valence-corrected chi connectivity index (χ2v) is 8.71. The second kappa shape index (κ2) is 10.8. The average Bonchev–Trinajstić information content (AvgIpc) is 3.44. The van der Waals surface area contributed by atoms with Crippen LogP contribution in [0.15, 0.2) is 58.6 Å². The molecule has 3 amide bonds. The number of hydrogen-bond acceptors (Lipinski definition) is 7. The van der Waals surface area contributed by atoms with Gasteiger partial charge in [0.25, 0.3) is 5.91 Å². The lowest BCUT2D eigenvalue weighted by molar-refractivity contribution is -0.123. The number of benzene rings is 2. The highest BCUT2D eigenvalue weighted by atomic mass is 127. The Balaban J connectivity index is 1.51. The number of furan rings is 1. The number of carbonyl (C=O) groups excluding carboxylic acids is 3. The summed E-state index contributed by atoms with van der Waals surface area (Å²) in [5.74, 6) is -0.587. The third-order valence-electron chi connectivity index (χ3n) is 5.22. The molecule has 1 fully saturated rings. The van der Waals surface area contributed by atoms with Crippen molar-refractivity contribution >= 4 is 46.6 Å². The molecule has 36 heavy (non-hydrogen) atoms. The molecular weight excluding hydrogens is 586 g/mol. The van der Waals surface area contributed by atoms with E-state index in [0.29, 0.717) is 26.2 Å². The van der Waals surface area contributed by atoms with Gasteiger partial charge in [0.2, 0.25) is 5.76 Å². The number of ether oxygens (including phenoxy) is 3. The van der Waals surface area contributed by atoms with Gasteiger partial charge in [0, 0.05) is 5.56 Å². The third kappa shape index (κ3) is 5.35. The first kappa shape index (κ1) is 25.2. The molecule has 0 atom stereocenters. The minimum atomic E-state index is -0.663. The highest BCUT2D eigenvalue weighted by Gasteiger charge is 2.34. The number of imide groups is 1. The van der Waals surface area contributed by atoms with Crippen molar-refractivity contribution in [3.63, 3.8) is 0 Å². The summed E-state index contributed by atoms with van der Waals surface area (Å²) in [6.45, 7) is -0.157. The van der Waals surface area contributed by atoms with Gasteiger partial charge in [-0.15, -0.1) is 0 Å². The summed E-state index contributed by atoms with van der Waals surface area (Å²) in [6, 6.07) is 12.0. The molecule has 2 heterocycles. The SMILES string of the molecule is COC(=O)c1ccc(CN2C(=O)N/C(=C\c3cc(I)c(OCc4ccccc4F)c(OC)c3)C2=O)o1. The highest BCUT2D eigenvalue weighted by molar-refractivity contribution is 14.1. The first-order valence-corrected chi connectivity index (χ1v) is 11.6. The van der Waals surface area contributed by atoms with E-state index in [4.69, 9.17) is 13.9 Å². The van der Waals surface area contributed by atoms with Crippen LogP contribution in [0, 0.1) is 9.39 Å².